The van der Waals surface area contributed by atoms with Gasteiger partial charge in [0, 0.05) is 43.2 Å². The molecule has 0 aliphatic heterocycles. The van der Waals surface area contributed by atoms with E-state index in [9.17, 15) is 0 Å². The molecule has 0 aliphatic carbocycles. The molecule has 132 valence electrons. The monoisotopic (exact) mass is 347 g/mol. The van der Waals surface area contributed by atoms with E-state index in [-0.39, 0.29) is 0 Å². The minimum Gasteiger partial charge on any atom is -0.357 e. The molecule has 0 bridgehead atoms. The first kappa shape index (κ1) is 18.5. The van der Waals surface area contributed by atoms with Crippen LogP contribution >= 0.6 is 11.3 Å². The second-order valence-corrected chi connectivity index (χ2v) is 7.14. The number of rotatable bonds is 7. The molecule has 2 rings (SSSR count). The smallest absolute Gasteiger partial charge is 0.191 e. The minimum absolute atomic E-state index is 0.297. The Labute approximate surface area is 149 Å². The van der Waals surface area contributed by atoms with Crippen molar-refractivity contribution in [3.8, 4) is 0 Å². The summed E-state index contributed by atoms with van der Waals surface area (Å²) in [7, 11) is 2.00. The third-order valence-electron chi connectivity index (χ3n) is 4.10. The number of aryl methyl sites for hydroxylation is 2. The lowest BCUT2D eigenvalue weighted by Crippen LogP contribution is -2.43. The Morgan fingerprint density at radius 2 is 2.21 bits per heavy atom. The predicted molar refractivity (Wildman–Crippen MR) is 103 cm³/mol. The fraction of sp³-hybridized carbons (Fsp3) is 0.556. The van der Waals surface area contributed by atoms with Crippen LogP contribution < -0.4 is 10.6 Å². The van der Waals surface area contributed by atoms with Crippen LogP contribution in [0.3, 0.4) is 0 Å². The SMILES string of the molecule is CCNC(=NCCc1cccs1)NC(C)Cc1c(C)nn(C)c1C. The van der Waals surface area contributed by atoms with E-state index in [2.05, 4.69) is 60.9 Å². The molecule has 1 atom stereocenters. The van der Waals surface area contributed by atoms with Gasteiger partial charge in [0.1, 0.15) is 0 Å². The van der Waals surface area contributed by atoms with Crippen molar-refractivity contribution in [2.24, 2.45) is 12.0 Å². The van der Waals surface area contributed by atoms with Crippen LogP contribution in [0.5, 0.6) is 0 Å². The quantitative estimate of drug-likeness (QED) is 0.598. The highest BCUT2D eigenvalue weighted by atomic mass is 32.1. The summed E-state index contributed by atoms with van der Waals surface area (Å²) in [5.41, 5.74) is 3.68. The average Bonchev–Trinajstić information content (AvgIpc) is 3.12. The van der Waals surface area contributed by atoms with E-state index < -0.39 is 0 Å². The lowest BCUT2D eigenvalue weighted by molar-refractivity contribution is 0.636. The van der Waals surface area contributed by atoms with Crippen molar-refractivity contribution >= 4 is 17.3 Å². The van der Waals surface area contributed by atoms with E-state index in [1.165, 1.54) is 16.1 Å². The molecular formula is C18H29N5S. The first-order valence-corrected chi connectivity index (χ1v) is 9.45. The summed E-state index contributed by atoms with van der Waals surface area (Å²) in [6, 6.07) is 4.55. The average molecular weight is 348 g/mol. The number of aliphatic imine (C=N–C) groups is 1. The molecule has 0 amide bonds. The van der Waals surface area contributed by atoms with Gasteiger partial charge in [0.15, 0.2) is 5.96 Å². The molecular weight excluding hydrogens is 318 g/mol. The predicted octanol–water partition coefficient (Wildman–Crippen LogP) is 2.83. The fourth-order valence-corrected chi connectivity index (χ4v) is 3.45. The van der Waals surface area contributed by atoms with Crippen molar-refractivity contribution in [3.05, 3.63) is 39.3 Å². The Bertz CT molecular complexity index is 657. The van der Waals surface area contributed by atoms with E-state index >= 15 is 0 Å². The zero-order valence-electron chi connectivity index (χ0n) is 15.4. The van der Waals surface area contributed by atoms with Crippen molar-refractivity contribution in [3.63, 3.8) is 0 Å². The molecule has 0 fully saturated rings. The maximum atomic E-state index is 4.70. The van der Waals surface area contributed by atoms with Gasteiger partial charge in [0.25, 0.3) is 0 Å². The maximum Gasteiger partial charge on any atom is 0.191 e. The van der Waals surface area contributed by atoms with Crippen molar-refractivity contribution < 1.29 is 0 Å². The highest BCUT2D eigenvalue weighted by Crippen LogP contribution is 2.14. The first-order valence-electron chi connectivity index (χ1n) is 8.57. The highest BCUT2D eigenvalue weighted by Gasteiger charge is 2.13. The third kappa shape index (κ3) is 5.09. The number of nitrogens with zero attached hydrogens (tertiary/aromatic N) is 3. The Morgan fingerprint density at radius 1 is 1.42 bits per heavy atom. The van der Waals surface area contributed by atoms with E-state index in [1.807, 2.05) is 11.7 Å². The topological polar surface area (TPSA) is 54.2 Å². The van der Waals surface area contributed by atoms with Gasteiger partial charge < -0.3 is 10.6 Å². The Balaban J connectivity index is 1.93. The number of nitrogens with one attached hydrogen (secondary N) is 2. The minimum atomic E-state index is 0.297. The van der Waals surface area contributed by atoms with Crippen LogP contribution in [0.2, 0.25) is 0 Å². The first-order chi connectivity index (χ1) is 11.5. The van der Waals surface area contributed by atoms with E-state index in [4.69, 9.17) is 4.99 Å². The molecule has 24 heavy (non-hydrogen) atoms. The fourth-order valence-electron chi connectivity index (χ4n) is 2.76. The van der Waals surface area contributed by atoms with Gasteiger partial charge in [-0.25, -0.2) is 0 Å². The van der Waals surface area contributed by atoms with Gasteiger partial charge in [-0.2, -0.15) is 5.10 Å². The zero-order chi connectivity index (χ0) is 17.5. The molecule has 0 saturated carbocycles. The molecule has 0 saturated heterocycles. The number of thiophene rings is 1. The van der Waals surface area contributed by atoms with Crippen molar-refractivity contribution in [1.82, 2.24) is 20.4 Å². The summed E-state index contributed by atoms with van der Waals surface area (Å²) in [5, 5.41) is 13.5. The number of aromatic nitrogens is 2. The number of hydrogen-bond donors (Lipinski definition) is 2. The highest BCUT2D eigenvalue weighted by molar-refractivity contribution is 7.09. The summed E-state index contributed by atoms with van der Waals surface area (Å²) in [6.07, 6.45) is 1.93. The van der Waals surface area contributed by atoms with Crippen LogP contribution in [0.1, 0.15) is 35.7 Å². The van der Waals surface area contributed by atoms with Crippen LogP contribution in [0.4, 0.5) is 0 Å². The number of guanidine groups is 1. The summed E-state index contributed by atoms with van der Waals surface area (Å²) in [4.78, 5) is 6.08. The van der Waals surface area contributed by atoms with E-state index in [0.717, 1.165) is 37.6 Å². The lowest BCUT2D eigenvalue weighted by Gasteiger charge is -2.18. The molecule has 2 heterocycles. The van der Waals surface area contributed by atoms with E-state index in [0.29, 0.717) is 6.04 Å². The van der Waals surface area contributed by atoms with Crippen molar-refractivity contribution in [2.45, 2.75) is 46.6 Å². The summed E-state index contributed by atoms with van der Waals surface area (Å²) < 4.78 is 1.96. The van der Waals surface area contributed by atoms with Gasteiger partial charge in [-0.3, -0.25) is 9.67 Å². The van der Waals surface area contributed by atoms with Crippen LogP contribution in [-0.2, 0) is 19.9 Å². The van der Waals surface area contributed by atoms with Gasteiger partial charge in [-0.1, -0.05) is 6.07 Å². The molecule has 1 unspecified atom stereocenters. The van der Waals surface area contributed by atoms with Crippen LogP contribution in [0.15, 0.2) is 22.5 Å². The van der Waals surface area contributed by atoms with Crippen LogP contribution in [-0.4, -0.2) is 34.9 Å². The Morgan fingerprint density at radius 3 is 2.79 bits per heavy atom. The largest absolute Gasteiger partial charge is 0.357 e. The molecule has 0 spiro atoms. The van der Waals surface area contributed by atoms with Crippen molar-refractivity contribution in [1.29, 1.82) is 0 Å². The summed E-state index contributed by atoms with van der Waals surface area (Å²) in [5.74, 6) is 0.890. The summed E-state index contributed by atoms with van der Waals surface area (Å²) >= 11 is 1.79. The lowest BCUT2D eigenvalue weighted by atomic mass is 10.1. The second-order valence-electron chi connectivity index (χ2n) is 6.11. The molecule has 0 radical (unpaired) electrons. The standard InChI is InChI=1S/C18H29N5S/c1-6-19-18(20-10-9-16-8-7-11-24-16)21-13(2)12-17-14(3)22-23(5)15(17)4/h7-8,11,13H,6,9-10,12H2,1-5H3,(H2,19,20,21). The molecule has 5 nitrogen and oxygen atoms in total. The zero-order valence-corrected chi connectivity index (χ0v) is 16.2. The third-order valence-corrected chi connectivity index (χ3v) is 5.04. The molecule has 6 heteroatoms. The van der Waals surface area contributed by atoms with Gasteiger partial charge in [0.2, 0.25) is 0 Å². The Hall–Kier alpha value is -1.82. The van der Waals surface area contributed by atoms with Gasteiger partial charge in [-0.05, 0) is 51.1 Å². The Kier molecular flexibility index (Phi) is 6.85. The van der Waals surface area contributed by atoms with E-state index in [1.54, 1.807) is 11.3 Å². The van der Waals surface area contributed by atoms with Crippen LogP contribution in [0, 0.1) is 13.8 Å². The van der Waals surface area contributed by atoms with Gasteiger partial charge in [0.05, 0.1) is 5.69 Å². The normalized spacial score (nSPS) is 13.1. The second kappa shape index (κ2) is 8.87. The molecule has 0 aliphatic rings. The molecule has 2 aromatic rings. The van der Waals surface area contributed by atoms with Gasteiger partial charge >= 0.3 is 0 Å². The maximum absolute atomic E-state index is 4.70. The number of hydrogen-bond acceptors (Lipinski definition) is 3. The molecule has 2 N–H and O–H groups in total. The van der Waals surface area contributed by atoms with Gasteiger partial charge in [-0.15, -0.1) is 11.3 Å². The molecule has 2 aromatic heterocycles. The molecule has 0 aromatic carbocycles. The summed E-state index contributed by atoms with van der Waals surface area (Å²) in [6.45, 7) is 10.2. The van der Waals surface area contributed by atoms with Crippen molar-refractivity contribution in [2.75, 3.05) is 13.1 Å². The van der Waals surface area contributed by atoms with Crippen LogP contribution in [0.25, 0.3) is 0 Å².